The van der Waals surface area contributed by atoms with Gasteiger partial charge in [-0.25, -0.2) is 8.78 Å². The van der Waals surface area contributed by atoms with Gasteiger partial charge in [-0.3, -0.25) is 4.98 Å². The first-order valence-electron chi connectivity index (χ1n) is 5.39. The van der Waals surface area contributed by atoms with E-state index in [1.807, 2.05) is 0 Å². The van der Waals surface area contributed by atoms with Crippen LogP contribution in [-0.2, 0) is 13.1 Å². The minimum absolute atomic E-state index is 0.261. The van der Waals surface area contributed by atoms with Gasteiger partial charge in [0.1, 0.15) is 11.6 Å². The van der Waals surface area contributed by atoms with Gasteiger partial charge in [0.05, 0.1) is 6.20 Å². The molecule has 0 saturated carbocycles. The number of nitrogens with one attached hydrogen (secondary N) is 1. The molecule has 0 amide bonds. The van der Waals surface area contributed by atoms with Crippen LogP contribution < -0.4 is 5.32 Å². The van der Waals surface area contributed by atoms with E-state index in [1.165, 1.54) is 12.1 Å². The second kappa shape index (κ2) is 6.02. The third kappa shape index (κ3) is 3.58. The van der Waals surface area contributed by atoms with E-state index < -0.39 is 0 Å². The Balaban J connectivity index is 1.94. The number of aromatic nitrogens is 1. The van der Waals surface area contributed by atoms with Crippen molar-refractivity contribution >= 4 is 15.9 Å². The highest BCUT2D eigenvalue weighted by Gasteiger charge is 2.03. The van der Waals surface area contributed by atoms with E-state index >= 15 is 0 Å². The standard InChI is InChI=1S/C13H11BrF2N2/c14-11-1-2-13(16)10(4-11)7-17-5-9-3-12(15)8-18-6-9/h1-4,6,8,17H,5,7H2. The van der Waals surface area contributed by atoms with E-state index in [2.05, 4.69) is 26.2 Å². The molecular weight excluding hydrogens is 302 g/mol. The Morgan fingerprint density at radius 3 is 2.72 bits per heavy atom. The number of halogens is 3. The van der Waals surface area contributed by atoms with Crippen molar-refractivity contribution in [1.82, 2.24) is 10.3 Å². The van der Waals surface area contributed by atoms with Crippen molar-refractivity contribution in [3.63, 3.8) is 0 Å². The lowest BCUT2D eigenvalue weighted by Crippen LogP contribution is -2.14. The van der Waals surface area contributed by atoms with Gasteiger partial charge in [-0.15, -0.1) is 0 Å². The third-order valence-electron chi connectivity index (χ3n) is 2.41. The predicted octanol–water partition coefficient (Wildman–Crippen LogP) is 3.41. The van der Waals surface area contributed by atoms with E-state index in [9.17, 15) is 8.78 Å². The van der Waals surface area contributed by atoms with Crippen LogP contribution in [0, 0.1) is 11.6 Å². The van der Waals surface area contributed by atoms with Crippen LogP contribution in [0.15, 0.2) is 41.1 Å². The maximum Gasteiger partial charge on any atom is 0.141 e. The van der Waals surface area contributed by atoms with Gasteiger partial charge in [0.15, 0.2) is 0 Å². The summed E-state index contributed by atoms with van der Waals surface area (Å²) in [6, 6.07) is 6.17. The van der Waals surface area contributed by atoms with Crippen LogP contribution in [0.2, 0.25) is 0 Å². The average Bonchev–Trinajstić information content (AvgIpc) is 2.34. The van der Waals surface area contributed by atoms with E-state index in [0.29, 0.717) is 18.7 Å². The summed E-state index contributed by atoms with van der Waals surface area (Å²) in [4.78, 5) is 3.74. The van der Waals surface area contributed by atoms with Crippen molar-refractivity contribution in [2.75, 3.05) is 0 Å². The maximum absolute atomic E-state index is 13.4. The Labute approximate surface area is 112 Å². The van der Waals surface area contributed by atoms with Crippen molar-refractivity contribution < 1.29 is 8.78 Å². The second-order valence-electron chi connectivity index (χ2n) is 3.85. The van der Waals surface area contributed by atoms with Gasteiger partial charge in [0.25, 0.3) is 0 Å². The summed E-state index contributed by atoms with van der Waals surface area (Å²) in [5.41, 5.74) is 1.29. The van der Waals surface area contributed by atoms with E-state index in [4.69, 9.17) is 0 Å². The Hall–Kier alpha value is -1.33. The molecule has 1 aromatic carbocycles. The molecule has 1 heterocycles. The van der Waals surface area contributed by atoms with Crippen molar-refractivity contribution in [3.05, 3.63) is 63.9 Å². The van der Waals surface area contributed by atoms with Crippen molar-refractivity contribution in [3.8, 4) is 0 Å². The molecule has 5 heteroatoms. The summed E-state index contributed by atoms with van der Waals surface area (Å²) >= 11 is 3.29. The number of pyridine rings is 1. The van der Waals surface area contributed by atoms with Gasteiger partial charge in [0.2, 0.25) is 0 Å². The molecule has 0 aliphatic rings. The molecule has 0 spiro atoms. The Kier molecular flexibility index (Phi) is 4.38. The molecule has 1 N–H and O–H groups in total. The summed E-state index contributed by atoms with van der Waals surface area (Å²) < 4.78 is 27.1. The lowest BCUT2D eigenvalue weighted by molar-refractivity contribution is 0.584. The number of benzene rings is 1. The molecule has 0 aliphatic carbocycles. The normalized spacial score (nSPS) is 10.6. The van der Waals surface area contributed by atoms with Gasteiger partial charge in [-0.05, 0) is 29.8 Å². The first kappa shape index (κ1) is 13.1. The molecule has 0 aliphatic heterocycles. The van der Waals surface area contributed by atoms with Gasteiger partial charge in [0, 0.05) is 29.3 Å². The van der Waals surface area contributed by atoms with Crippen LogP contribution in [0.5, 0.6) is 0 Å². The summed E-state index contributed by atoms with van der Waals surface area (Å²) in [7, 11) is 0. The van der Waals surface area contributed by atoms with Crippen LogP contribution in [0.3, 0.4) is 0 Å². The Bertz CT molecular complexity index is 546. The summed E-state index contributed by atoms with van der Waals surface area (Å²) in [5.74, 6) is -0.633. The fourth-order valence-corrected chi connectivity index (χ4v) is 1.98. The molecule has 0 atom stereocenters. The van der Waals surface area contributed by atoms with Crippen molar-refractivity contribution in [1.29, 1.82) is 0 Å². The van der Waals surface area contributed by atoms with E-state index in [-0.39, 0.29) is 11.6 Å². The highest BCUT2D eigenvalue weighted by molar-refractivity contribution is 9.10. The minimum Gasteiger partial charge on any atom is -0.308 e. The molecule has 0 fully saturated rings. The van der Waals surface area contributed by atoms with Crippen molar-refractivity contribution in [2.45, 2.75) is 13.1 Å². The zero-order valence-corrected chi connectivity index (χ0v) is 11.0. The zero-order chi connectivity index (χ0) is 13.0. The molecule has 18 heavy (non-hydrogen) atoms. The number of hydrogen-bond donors (Lipinski definition) is 1. The zero-order valence-electron chi connectivity index (χ0n) is 9.46. The highest BCUT2D eigenvalue weighted by Crippen LogP contribution is 2.15. The summed E-state index contributed by atoms with van der Waals surface area (Å²) in [5, 5.41) is 3.05. The topological polar surface area (TPSA) is 24.9 Å². The monoisotopic (exact) mass is 312 g/mol. The van der Waals surface area contributed by atoms with E-state index in [0.717, 1.165) is 16.2 Å². The largest absolute Gasteiger partial charge is 0.308 e. The quantitative estimate of drug-likeness (QED) is 0.936. The molecule has 94 valence electrons. The van der Waals surface area contributed by atoms with Gasteiger partial charge in [-0.2, -0.15) is 0 Å². The third-order valence-corrected chi connectivity index (χ3v) is 2.91. The predicted molar refractivity (Wildman–Crippen MR) is 68.8 cm³/mol. The van der Waals surface area contributed by atoms with Crippen molar-refractivity contribution in [2.24, 2.45) is 0 Å². The van der Waals surface area contributed by atoms with Crippen LogP contribution in [0.1, 0.15) is 11.1 Å². The number of rotatable bonds is 4. The Morgan fingerprint density at radius 1 is 1.11 bits per heavy atom. The first-order chi connectivity index (χ1) is 8.65. The molecule has 2 rings (SSSR count). The van der Waals surface area contributed by atoms with Crippen LogP contribution in [0.4, 0.5) is 8.78 Å². The summed E-state index contributed by atoms with van der Waals surface area (Å²) in [6.45, 7) is 0.818. The molecule has 0 radical (unpaired) electrons. The second-order valence-corrected chi connectivity index (χ2v) is 4.77. The SMILES string of the molecule is Fc1cncc(CNCc2cc(Br)ccc2F)c1. The molecule has 0 unspecified atom stereocenters. The lowest BCUT2D eigenvalue weighted by Gasteiger charge is -2.06. The smallest absolute Gasteiger partial charge is 0.141 e. The van der Waals surface area contributed by atoms with E-state index in [1.54, 1.807) is 18.3 Å². The lowest BCUT2D eigenvalue weighted by atomic mass is 10.2. The van der Waals surface area contributed by atoms with Crippen LogP contribution >= 0.6 is 15.9 Å². The van der Waals surface area contributed by atoms with Crippen LogP contribution in [-0.4, -0.2) is 4.98 Å². The minimum atomic E-state index is -0.372. The number of hydrogen-bond acceptors (Lipinski definition) is 2. The van der Waals surface area contributed by atoms with Gasteiger partial charge in [-0.1, -0.05) is 15.9 Å². The van der Waals surface area contributed by atoms with Gasteiger partial charge >= 0.3 is 0 Å². The molecule has 2 aromatic rings. The number of nitrogens with zero attached hydrogens (tertiary/aromatic N) is 1. The molecule has 0 bridgehead atoms. The summed E-state index contributed by atoms with van der Waals surface area (Å²) in [6.07, 6.45) is 2.73. The van der Waals surface area contributed by atoms with Crippen LogP contribution in [0.25, 0.3) is 0 Å². The van der Waals surface area contributed by atoms with Gasteiger partial charge < -0.3 is 5.32 Å². The first-order valence-corrected chi connectivity index (χ1v) is 6.18. The fraction of sp³-hybridized carbons (Fsp3) is 0.154. The molecule has 1 aromatic heterocycles. The Morgan fingerprint density at radius 2 is 1.94 bits per heavy atom. The molecule has 2 nitrogen and oxygen atoms in total. The highest BCUT2D eigenvalue weighted by atomic mass is 79.9. The molecular formula is C13H11BrF2N2. The average molecular weight is 313 g/mol. The maximum atomic E-state index is 13.4. The fourth-order valence-electron chi connectivity index (χ4n) is 1.57. The molecule has 0 saturated heterocycles.